The number of carbonyl (C=O) groups excluding carboxylic acids is 1. The topological polar surface area (TPSA) is 70.8 Å². The average Bonchev–Trinajstić information content (AvgIpc) is 3.15. The van der Waals surface area contributed by atoms with Crippen molar-refractivity contribution in [2.75, 3.05) is 20.3 Å². The zero-order valence-electron chi connectivity index (χ0n) is 19.0. The molecule has 0 bridgehead atoms. The predicted molar refractivity (Wildman–Crippen MR) is 120 cm³/mol. The number of carbonyl (C=O) groups is 1. The first kappa shape index (κ1) is 22.2. The van der Waals surface area contributed by atoms with E-state index in [4.69, 9.17) is 23.6 Å². The van der Waals surface area contributed by atoms with E-state index in [-0.39, 0.29) is 5.92 Å². The largest absolute Gasteiger partial charge is 0.465 e. The minimum Gasteiger partial charge on any atom is -0.465 e. The number of hydrogen-bond donors (Lipinski definition) is 0. The third kappa shape index (κ3) is 4.92. The monoisotopic (exact) mass is 435 g/mol. The fourth-order valence-electron chi connectivity index (χ4n) is 3.87. The van der Waals surface area contributed by atoms with Gasteiger partial charge in [-0.2, -0.15) is 0 Å². The van der Waals surface area contributed by atoms with Crippen molar-refractivity contribution >= 4 is 5.97 Å². The minimum atomic E-state index is -1.31. The molecule has 1 aliphatic rings. The highest BCUT2D eigenvalue weighted by Crippen LogP contribution is 2.26. The van der Waals surface area contributed by atoms with E-state index in [1.807, 2.05) is 19.1 Å². The SMILES string of the molecule is COC(=O)[C@]1(C)OC[C@@H](Cc2cccc(Cc3nc(-c4ccc(C)cc4)oc3C)c2)CO1. The van der Waals surface area contributed by atoms with Gasteiger partial charge in [0.15, 0.2) is 0 Å². The van der Waals surface area contributed by atoms with Crippen molar-refractivity contribution in [1.82, 2.24) is 4.98 Å². The number of esters is 1. The molecule has 1 saturated heterocycles. The molecule has 0 N–H and O–H groups in total. The molecule has 3 aromatic rings. The van der Waals surface area contributed by atoms with E-state index in [2.05, 4.69) is 43.3 Å². The van der Waals surface area contributed by atoms with Crippen molar-refractivity contribution in [2.24, 2.45) is 5.92 Å². The Labute approximate surface area is 188 Å². The van der Waals surface area contributed by atoms with E-state index in [9.17, 15) is 4.79 Å². The van der Waals surface area contributed by atoms with Crippen molar-refractivity contribution in [3.8, 4) is 11.5 Å². The van der Waals surface area contributed by atoms with Gasteiger partial charge in [0.2, 0.25) is 5.89 Å². The maximum absolute atomic E-state index is 11.8. The zero-order chi connectivity index (χ0) is 22.7. The van der Waals surface area contributed by atoms with Crippen molar-refractivity contribution in [1.29, 1.82) is 0 Å². The summed E-state index contributed by atoms with van der Waals surface area (Å²) in [6.07, 6.45) is 1.50. The summed E-state index contributed by atoms with van der Waals surface area (Å²) in [4.78, 5) is 16.6. The first-order valence-corrected chi connectivity index (χ1v) is 10.8. The lowest BCUT2D eigenvalue weighted by molar-refractivity contribution is -0.272. The molecular weight excluding hydrogens is 406 g/mol. The summed E-state index contributed by atoms with van der Waals surface area (Å²) in [5.41, 5.74) is 5.50. The van der Waals surface area contributed by atoms with Crippen LogP contribution in [0.5, 0.6) is 0 Å². The van der Waals surface area contributed by atoms with Gasteiger partial charge < -0.3 is 18.6 Å². The van der Waals surface area contributed by atoms with Gasteiger partial charge in [0.1, 0.15) is 5.76 Å². The fraction of sp³-hybridized carbons (Fsp3) is 0.385. The number of aryl methyl sites for hydroxylation is 2. The zero-order valence-corrected chi connectivity index (χ0v) is 19.0. The third-order valence-electron chi connectivity index (χ3n) is 5.82. The Bertz CT molecular complexity index is 1080. The molecule has 0 spiro atoms. The number of oxazole rings is 1. The Balaban J connectivity index is 1.41. The second kappa shape index (κ2) is 9.27. The van der Waals surface area contributed by atoms with Gasteiger partial charge in [0.25, 0.3) is 5.79 Å². The van der Waals surface area contributed by atoms with Crippen LogP contribution in [-0.4, -0.2) is 37.1 Å². The maximum atomic E-state index is 11.8. The first-order valence-electron chi connectivity index (χ1n) is 10.8. The first-order chi connectivity index (χ1) is 15.4. The summed E-state index contributed by atoms with van der Waals surface area (Å²) in [7, 11) is 1.33. The van der Waals surface area contributed by atoms with E-state index in [0.29, 0.717) is 25.5 Å². The van der Waals surface area contributed by atoms with Gasteiger partial charge in [0.05, 0.1) is 26.0 Å². The average molecular weight is 436 g/mol. The van der Waals surface area contributed by atoms with Crippen LogP contribution in [0.4, 0.5) is 0 Å². The molecule has 4 rings (SSSR count). The van der Waals surface area contributed by atoms with Crippen LogP contribution in [0.3, 0.4) is 0 Å². The molecule has 2 heterocycles. The molecule has 0 saturated carbocycles. The summed E-state index contributed by atoms with van der Waals surface area (Å²) in [5, 5.41) is 0. The molecule has 168 valence electrons. The molecule has 0 aliphatic carbocycles. The molecule has 6 nitrogen and oxygen atoms in total. The lowest BCUT2D eigenvalue weighted by Gasteiger charge is -2.35. The highest BCUT2D eigenvalue weighted by molar-refractivity contribution is 5.77. The van der Waals surface area contributed by atoms with Gasteiger partial charge in [-0.05, 0) is 43.5 Å². The number of ether oxygens (including phenoxy) is 3. The molecule has 2 aromatic carbocycles. The summed E-state index contributed by atoms with van der Waals surface area (Å²) < 4.78 is 22.0. The van der Waals surface area contributed by atoms with Crippen LogP contribution in [0, 0.1) is 19.8 Å². The molecule has 0 amide bonds. The number of hydrogen-bond acceptors (Lipinski definition) is 6. The highest BCUT2D eigenvalue weighted by atomic mass is 16.7. The quantitative estimate of drug-likeness (QED) is 0.525. The van der Waals surface area contributed by atoms with Crippen LogP contribution in [-0.2, 0) is 31.8 Å². The van der Waals surface area contributed by atoms with Gasteiger partial charge in [-0.1, -0.05) is 42.0 Å². The summed E-state index contributed by atoms with van der Waals surface area (Å²) in [6, 6.07) is 16.6. The second-order valence-electron chi connectivity index (χ2n) is 8.51. The van der Waals surface area contributed by atoms with Crippen LogP contribution in [0.1, 0.15) is 35.1 Å². The van der Waals surface area contributed by atoms with E-state index in [1.54, 1.807) is 6.92 Å². The molecular formula is C26H29NO5. The van der Waals surface area contributed by atoms with Gasteiger partial charge in [-0.25, -0.2) is 9.78 Å². The van der Waals surface area contributed by atoms with Crippen molar-refractivity contribution in [3.05, 3.63) is 76.7 Å². The lowest BCUT2D eigenvalue weighted by atomic mass is 9.97. The van der Waals surface area contributed by atoms with Crippen molar-refractivity contribution in [2.45, 2.75) is 39.4 Å². The number of aromatic nitrogens is 1. The van der Waals surface area contributed by atoms with Gasteiger partial charge in [-0.3, -0.25) is 0 Å². The molecule has 0 radical (unpaired) electrons. The number of methoxy groups -OCH3 is 1. The molecule has 6 heteroatoms. The van der Waals surface area contributed by atoms with Crippen LogP contribution in [0.15, 0.2) is 52.9 Å². The molecule has 0 atom stereocenters. The van der Waals surface area contributed by atoms with Crippen LogP contribution < -0.4 is 0 Å². The molecule has 32 heavy (non-hydrogen) atoms. The molecule has 1 aromatic heterocycles. The van der Waals surface area contributed by atoms with Crippen LogP contribution >= 0.6 is 0 Å². The number of rotatable bonds is 6. The Hall–Kier alpha value is -2.96. The predicted octanol–water partition coefficient (Wildman–Crippen LogP) is 4.64. The normalized spacial score (nSPS) is 20.8. The minimum absolute atomic E-state index is 0.171. The van der Waals surface area contributed by atoms with E-state index in [1.165, 1.54) is 23.8 Å². The Kier molecular flexibility index (Phi) is 6.44. The van der Waals surface area contributed by atoms with Gasteiger partial charge >= 0.3 is 5.97 Å². The smallest absolute Gasteiger partial charge is 0.366 e. The third-order valence-corrected chi connectivity index (χ3v) is 5.82. The van der Waals surface area contributed by atoms with Crippen molar-refractivity contribution in [3.63, 3.8) is 0 Å². The van der Waals surface area contributed by atoms with Crippen LogP contribution in [0.2, 0.25) is 0 Å². The summed E-state index contributed by atoms with van der Waals surface area (Å²) in [6.45, 7) is 6.50. The fourth-order valence-corrected chi connectivity index (χ4v) is 3.87. The Morgan fingerprint density at radius 1 is 1.09 bits per heavy atom. The Morgan fingerprint density at radius 2 is 1.78 bits per heavy atom. The number of nitrogens with zero attached hydrogens (tertiary/aromatic N) is 1. The maximum Gasteiger partial charge on any atom is 0.366 e. The summed E-state index contributed by atoms with van der Waals surface area (Å²) >= 11 is 0. The van der Waals surface area contributed by atoms with Crippen molar-refractivity contribution < 1.29 is 23.4 Å². The standard InChI is InChI=1S/C26H29NO5/c1-17-8-10-22(11-9-17)24-27-23(18(2)32-24)14-20-7-5-6-19(12-20)13-21-15-30-26(3,31-16-21)25(28)29-4/h5-12,21H,13-16H2,1-4H3/t21-,26-. The summed E-state index contributed by atoms with van der Waals surface area (Å²) in [5.74, 6) is -0.163. The Morgan fingerprint density at radius 3 is 2.47 bits per heavy atom. The second-order valence-corrected chi connectivity index (χ2v) is 8.51. The molecule has 0 unspecified atom stereocenters. The van der Waals surface area contributed by atoms with E-state index >= 15 is 0 Å². The van der Waals surface area contributed by atoms with Gasteiger partial charge in [-0.15, -0.1) is 0 Å². The van der Waals surface area contributed by atoms with Crippen LogP contribution in [0.25, 0.3) is 11.5 Å². The molecule has 1 fully saturated rings. The lowest BCUT2D eigenvalue weighted by Crippen LogP contribution is -2.48. The van der Waals surface area contributed by atoms with E-state index < -0.39 is 11.8 Å². The van der Waals surface area contributed by atoms with Gasteiger partial charge in [0, 0.05) is 24.8 Å². The molecule has 1 aliphatic heterocycles. The number of benzene rings is 2. The highest BCUT2D eigenvalue weighted by Gasteiger charge is 2.41. The van der Waals surface area contributed by atoms with E-state index in [0.717, 1.165) is 23.4 Å².